The van der Waals surface area contributed by atoms with Gasteiger partial charge in [0.25, 0.3) is 0 Å². The molecule has 0 saturated heterocycles. The van der Waals surface area contributed by atoms with E-state index in [1.807, 2.05) is 0 Å². The number of aliphatic carboxylic acids is 1. The minimum Gasteiger partial charge on any atom is -0.481 e. The van der Waals surface area contributed by atoms with Crippen molar-refractivity contribution in [2.75, 3.05) is 0 Å². The van der Waals surface area contributed by atoms with Crippen molar-refractivity contribution >= 4 is 5.97 Å². The molecule has 2 fully saturated rings. The molecule has 5 unspecified atom stereocenters. The molecule has 0 aromatic rings. The van der Waals surface area contributed by atoms with E-state index in [0.717, 1.165) is 31.1 Å². The predicted molar refractivity (Wildman–Crippen MR) is 99.1 cm³/mol. The van der Waals surface area contributed by atoms with Crippen molar-refractivity contribution in [2.24, 2.45) is 29.6 Å². The summed E-state index contributed by atoms with van der Waals surface area (Å²) in [6.45, 7) is 0. The molecule has 0 heterocycles. The Bertz CT molecular complexity index is 680. The fourth-order valence-electron chi connectivity index (χ4n) is 6.80. The summed E-state index contributed by atoms with van der Waals surface area (Å²) in [4.78, 5) is 11.5. The lowest BCUT2D eigenvalue weighted by atomic mass is 9.59. The monoisotopic (exact) mass is 338 g/mol. The largest absolute Gasteiger partial charge is 0.481 e. The molecule has 0 spiro atoms. The van der Waals surface area contributed by atoms with Gasteiger partial charge in [-0.2, -0.15) is 0 Å². The van der Waals surface area contributed by atoms with E-state index in [1.165, 1.54) is 62.5 Å². The molecular formula is C23H30O2. The minimum absolute atomic E-state index is 0.143. The molecule has 5 aliphatic rings. The number of rotatable bonds is 1. The Morgan fingerprint density at radius 1 is 0.880 bits per heavy atom. The number of carboxylic acids is 1. The van der Waals surface area contributed by atoms with Crippen LogP contribution in [0.5, 0.6) is 0 Å². The van der Waals surface area contributed by atoms with Gasteiger partial charge in [-0.25, -0.2) is 0 Å². The first-order valence-corrected chi connectivity index (χ1v) is 10.6. The van der Waals surface area contributed by atoms with Gasteiger partial charge in [0.05, 0.1) is 5.92 Å². The molecule has 2 nitrogen and oxygen atoms in total. The topological polar surface area (TPSA) is 37.3 Å². The molecule has 0 bridgehead atoms. The summed E-state index contributed by atoms with van der Waals surface area (Å²) in [5.41, 5.74) is 6.51. The van der Waals surface area contributed by atoms with E-state index in [4.69, 9.17) is 0 Å². The Morgan fingerprint density at radius 2 is 1.68 bits per heavy atom. The third-order valence-corrected chi connectivity index (χ3v) is 8.05. The molecule has 0 radical (unpaired) electrons. The number of carboxylic acid groups (broad SMARTS) is 1. The van der Waals surface area contributed by atoms with Gasteiger partial charge in [0.15, 0.2) is 0 Å². The molecular weight excluding hydrogens is 308 g/mol. The fourth-order valence-corrected chi connectivity index (χ4v) is 6.80. The van der Waals surface area contributed by atoms with E-state index in [-0.39, 0.29) is 5.92 Å². The van der Waals surface area contributed by atoms with Crippen LogP contribution >= 0.6 is 0 Å². The molecule has 5 rings (SSSR count). The zero-order valence-electron chi connectivity index (χ0n) is 15.2. The fraction of sp³-hybridized carbons (Fsp3) is 0.696. The van der Waals surface area contributed by atoms with Crippen molar-refractivity contribution < 1.29 is 9.90 Å². The zero-order valence-corrected chi connectivity index (χ0v) is 15.2. The maximum atomic E-state index is 11.5. The van der Waals surface area contributed by atoms with Crippen LogP contribution in [0, 0.1) is 29.6 Å². The van der Waals surface area contributed by atoms with Gasteiger partial charge in [-0.1, -0.05) is 36.1 Å². The first-order valence-electron chi connectivity index (χ1n) is 10.6. The van der Waals surface area contributed by atoms with Gasteiger partial charge in [0.1, 0.15) is 0 Å². The summed E-state index contributed by atoms with van der Waals surface area (Å²) in [5, 5.41) is 9.49. The van der Waals surface area contributed by atoms with Crippen LogP contribution in [0.1, 0.15) is 70.6 Å². The summed E-state index contributed by atoms with van der Waals surface area (Å²) in [6, 6.07) is 0. The summed E-state index contributed by atoms with van der Waals surface area (Å²) in [7, 11) is 0. The first-order chi connectivity index (χ1) is 12.2. The molecule has 5 aliphatic carbocycles. The van der Waals surface area contributed by atoms with Crippen molar-refractivity contribution in [3.05, 3.63) is 34.4 Å². The maximum absolute atomic E-state index is 11.5. The third-order valence-electron chi connectivity index (χ3n) is 8.05. The highest BCUT2D eigenvalue weighted by molar-refractivity contribution is 5.71. The van der Waals surface area contributed by atoms with E-state index in [1.54, 1.807) is 11.1 Å². The molecule has 5 atom stereocenters. The van der Waals surface area contributed by atoms with Crippen LogP contribution in [0.4, 0.5) is 0 Å². The van der Waals surface area contributed by atoms with Crippen LogP contribution in [0.25, 0.3) is 0 Å². The van der Waals surface area contributed by atoms with Gasteiger partial charge in [0.2, 0.25) is 0 Å². The molecule has 134 valence electrons. The Kier molecular flexibility index (Phi) is 3.91. The van der Waals surface area contributed by atoms with Crippen molar-refractivity contribution in [3.8, 4) is 0 Å². The number of carbonyl (C=O) groups is 1. The number of fused-ring (bicyclic) bond motifs is 5. The average Bonchev–Trinajstić information content (AvgIpc) is 2.66. The standard InChI is InChI=1S/C23H30O2/c24-23(25)16-6-5-15-8-10-20-19-9-7-14-3-1-2-4-17(14)18(19)11-12-21(20)22(15)13-16/h11-12,14-17,20H,1-10,13H2,(H,24,25). The molecule has 1 N–H and O–H groups in total. The van der Waals surface area contributed by atoms with E-state index in [9.17, 15) is 9.90 Å². The van der Waals surface area contributed by atoms with Crippen LogP contribution in [0.3, 0.4) is 0 Å². The minimum atomic E-state index is -0.587. The highest BCUT2D eigenvalue weighted by atomic mass is 16.4. The number of allylic oxidation sites excluding steroid dienone is 6. The van der Waals surface area contributed by atoms with Crippen molar-refractivity contribution in [1.82, 2.24) is 0 Å². The highest BCUT2D eigenvalue weighted by Gasteiger charge is 2.41. The van der Waals surface area contributed by atoms with Crippen molar-refractivity contribution in [1.29, 1.82) is 0 Å². The lowest BCUT2D eigenvalue weighted by molar-refractivity contribution is -0.142. The molecule has 0 aliphatic heterocycles. The van der Waals surface area contributed by atoms with Gasteiger partial charge >= 0.3 is 5.97 Å². The van der Waals surface area contributed by atoms with Crippen LogP contribution < -0.4 is 0 Å². The second-order valence-electron chi connectivity index (χ2n) is 9.13. The van der Waals surface area contributed by atoms with Gasteiger partial charge < -0.3 is 5.11 Å². The molecule has 0 aromatic heterocycles. The first kappa shape index (κ1) is 15.9. The Labute approximate surface area is 151 Å². The molecule has 2 saturated carbocycles. The maximum Gasteiger partial charge on any atom is 0.306 e. The summed E-state index contributed by atoms with van der Waals surface area (Å²) >= 11 is 0. The number of hydrogen-bond donors (Lipinski definition) is 1. The quantitative estimate of drug-likeness (QED) is 0.670. The van der Waals surface area contributed by atoms with Gasteiger partial charge in [-0.15, -0.1) is 0 Å². The molecule has 0 aromatic carbocycles. The summed E-state index contributed by atoms with van der Waals surface area (Å²) in [6.07, 6.45) is 18.6. The van der Waals surface area contributed by atoms with Gasteiger partial charge in [0, 0.05) is 5.92 Å². The lowest BCUT2D eigenvalue weighted by Crippen LogP contribution is -2.33. The number of hydrogen-bond acceptors (Lipinski definition) is 1. The molecule has 2 heteroatoms. The van der Waals surface area contributed by atoms with E-state index < -0.39 is 5.97 Å². The smallest absolute Gasteiger partial charge is 0.306 e. The van der Waals surface area contributed by atoms with Crippen molar-refractivity contribution in [2.45, 2.75) is 70.6 Å². The van der Waals surface area contributed by atoms with Gasteiger partial charge in [-0.05, 0) is 86.7 Å². The highest BCUT2D eigenvalue weighted by Crippen LogP contribution is 2.54. The Morgan fingerprint density at radius 3 is 2.56 bits per heavy atom. The zero-order chi connectivity index (χ0) is 17.0. The third kappa shape index (κ3) is 2.55. The SMILES string of the molecule is O=C(O)C1CCC2CCC3C(=C2C1)C=CC1=C3CCC2CCCCC12. The van der Waals surface area contributed by atoms with Crippen molar-refractivity contribution in [3.63, 3.8) is 0 Å². The Balaban J connectivity index is 1.50. The predicted octanol–water partition coefficient (Wildman–Crippen LogP) is 5.66. The normalized spacial score (nSPS) is 40.1. The summed E-state index contributed by atoms with van der Waals surface area (Å²) in [5.74, 6) is 2.33. The van der Waals surface area contributed by atoms with Crippen LogP contribution in [-0.2, 0) is 4.79 Å². The van der Waals surface area contributed by atoms with E-state index in [2.05, 4.69) is 12.2 Å². The molecule has 25 heavy (non-hydrogen) atoms. The second kappa shape index (κ2) is 6.14. The van der Waals surface area contributed by atoms with Crippen LogP contribution in [-0.4, -0.2) is 11.1 Å². The average molecular weight is 338 g/mol. The van der Waals surface area contributed by atoms with Crippen LogP contribution in [0.15, 0.2) is 34.4 Å². The molecule has 0 amide bonds. The lowest BCUT2D eigenvalue weighted by Gasteiger charge is -2.45. The second-order valence-corrected chi connectivity index (χ2v) is 9.13. The van der Waals surface area contributed by atoms with Crippen LogP contribution in [0.2, 0.25) is 0 Å². The van der Waals surface area contributed by atoms with E-state index >= 15 is 0 Å². The summed E-state index contributed by atoms with van der Waals surface area (Å²) < 4.78 is 0. The Hall–Kier alpha value is -1.31. The van der Waals surface area contributed by atoms with Gasteiger partial charge in [-0.3, -0.25) is 4.79 Å². The van der Waals surface area contributed by atoms with E-state index in [0.29, 0.717) is 11.8 Å².